The van der Waals surface area contributed by atoms with Crippen molar-refractivity contribution in [2.24, 2.45) is 0 Å². The molecule has 0 unspecified atom stereocenters. The molecule has 35 heavy (non-hydrogen) atoms. The third-order valence-electron chi connectivity index (χ3n) is 5.97. The van der Waals surface area contributed by atoms with Crippen LogP contribution < -0.4 is 15.5 Å². The third-order valence-corrected chi connectivity index (χ3v) is 7.71. The zero-order chi connectivity index (χ0) is 25.3. The van der Waals surface area contributed by atoms with Gasteiger partial charge in [-0.25, -0.2) is 8.42 Å². The SMILES string of the molecule is COc1ccc(NC(=O)Cn2cc(S(=O)(=O)c3ccc(C)c(C)c3)c(=O)c3cc(C)ccc32)cc1. The van der Waals surface area contributed by atoms with Gasteiger partial charge in [-0.05, 0) is 80.4 Å². The van der Waals surface area contributed by atoms with Crippen molar-refractivity contribution in [2.75, 3.05) is 12.4 Å². The molecule has 0 radical (unpaired) electrons. The van der Waals surface area contributed by atoms with Gasteiger partial charge in [0.25, 0.3) is 0 Å². The summed E-state index contributed by atoms with van der Waals surface area (Å²) < 4.78 is 33.7. The normalized spacial score (nSPS) is 11.4. The number of pyridine rings is 1. The van der Waals surface area contributed by atoms with Crippen molar-refractivity contribution in [1.29, 1.82) is 0 Å². The molecule has 3 aromatic carbocycles. The van der Waals surface area contributed by atoms with E-state index in [2.05, 4.69) is 5.32 Å². The molecule has 0 bridgehead atoms. The maximum Gasteiger partial charge on any atom is 0.244 e. The largest absolute Gasteiger partial charge is 0.497 e. The molecule has 0 atom stereocenters. The molecule has 1 heterocycles. The highest BCUT2D eigenvalue weighted by Gasteiger charge is 2.25. The average molecular weight is 491 g/mol. The van der Waals surface area contributed by atoms with E-state index < -0.39 is 15.3 Å². The van der Waals surface area contributed by atoms with Gasteiger partial charge in [0.2, 0.25) is 21.2 Å². The smallest absolute Gasteiger partial charge is 0.244 e. The number of nitrogens with one attached hydrogen (secondary N) is 1. The summed E-state index contributed by atoms with van der Waals surface area (Å²) in [6.07, 6.45) is 1.26. The van der Waals surface area contributed by atoms with Crippen molar-refractivity contribution < 1.29 is 17.9 Å². The number of amides is 1. The molecular weight excluding hydrogens is 464 g/mol. The van der Waals surface area contributed by atoms with Gasteiger partial charge >= 0.3 is 0 Å². The first-order valence-corrected chi connectivity index (χ1v) is 12.5. The molecule has 7 nitrogen and oxygen atoms in total. The minimum absolute atomic E-state index is 0.0407. The summed E-state index contributed by atoms with van der Waals surface area (Å²) in [6, 6.07) is 16.8. The van der Waals surface area contributed by atoms with Crippen molar-refractivity contribution in [2.45, 2.75) is 37.1 Å². The summed E-state index contributed by atoms with van der Waals surface area (Å²) in [7, 11) is -2.56. The van der Waals surface area contributed by atoms with Gasteiger partial charge in [-0.3, -0.25) is 9.59 Å². The molecule has 4 rings (SSSR count). The topological polar surface area (TPSA) is 94.5 Å². The summed E-state index contributed by atoms with van der Waals surface area (Å²) in [5.41, 5.74) is 3.02. The minimum Gasteiger partial charge on any atom is -0.497 e. The molecule has 1 aromatic heterocycles. The zero-order valence-electron chi connectivity index (χ0n) is 20.0. The van der Waals surface area contributed by atoms with E-state index >= 15 is 0 Å². The molecule has 1 amide bonds. The van der Waals surface area contributed by atoms with E-state index in [1.54, 1.807) is 55.6 Å². The van der Waals surface area contributed by atoms with Gasteiger partial charge in [-0.2, -0.15) is 0 Å². The average Bonchev–Trinajstić information content (AvgIpc) is 2.82. The minimum atomic E-state index is -4.12. The summed E-state index contributed by atoms with van der Waals surface area (Å²) in [5, 5.41) is 3.04. The second-order valence-electron chi connectivity index (χ2n) is 8.50. The van der Waals surface area contributed by atoms with E-state index in [-0.39, 0.29) is 27.6 Å². The van der Waals surface area contributed by atoms with Crippen LogP contribution in [0, 0.1) is 20.8 Å². The molecule has 0 saturated heterocycles. The van der Waals surface area contributed by atoms with E-state index in [9.17, 15) is 18.0 Å². The fraction of sp³-hybridized carbons (Fsp3) is 0.185. The Kier molecular flexibility index (Phi) is 6.49. The number of hydrogen-bond acceptors (Lipinski definition) is 5. The van der Waals surface area contributed by atoms with Crippen LogP contribution in [0.15, 0.2) is 81.4 Å². The van der Waals surface area contributed by atoms with Crippen LogP contribution in [0.3, 0.4) is 0 Å². The number of nitrogens with zero attached hydrogens (tertiary/aromatic N) is 1. The first-order chi connectivity index (χ1) is 16.6. The molecule has 180 valence electrons. The van der Waals surface area contributed by atoms with E-state index in [0.717, 1.165) is 16.7 Å². The number of ether oxygens (including phenoxy) is 1. The lowest BCUT2D eigenvalue weighted by atomic mass is 10.1. The number of sulfone groups is 1. The number of methoxy groups -OCH3 is 1. The van der Waals surface area contributed by atoms with Crippen LogP contribution in [0.25, 0.3) is 10.9 Å². The molecule has 0 aliphatic carbocycles. The Morgan fingerprint density at radius 3 is 2.31 bits per heavy atom. The van der Waals surface area contributed by atoms with Crippen LogP contribution in [0.4, 0.5) is 5.69 Å². The van der Waals surface area contributed by atoms with Crippen LogP contribution in [0.1, 0.15) is 16.7 Å². The van der Waals surface area contributed by atoms with Gasteiger partial charge in [0.15, 0.2) is 0 Å². The van der Waals surface area contributed by atoms with E-state index in [0.29, 0.717) is 17.0 Å². The van der Waals surface area contributed by atoms with Gasteiger partial charge in [0, 0.05) is 17.3 Å². The second kappa shape index (κ2) is 9.38. The Labute approximate surface area is 203 Å². The van der Waals surface area contributed by atoms with Gasteiger partial charge in [-0.1, -0.05) is 17.7 Å². The number of rotatable bonds is 6. The summed E-state index contributed by atoms with van der Waals surface area (Å²) in [4.78, 5) is 25.9. The fourth-order valence-corrected chi connectivity index (χ4v) is 5.30. The number of carbonyl (C=O) groups excluding carboxylic acids is 1. The maximum atomic E-state index is 13.5. The second-order valence-corrected chi connectivity index (χ2v) is 10.4. The molecule has 0 fully saturated rings. The van der Waals surface area contributed by atoms with Crippen molar-refractivity contribution in [3.05, 3.63) is 93.8 Å². The Balaban J connectivity index is 1.80. The summed E-state index contributed by atoms with van der Waals surface area (Å²) >= 11 is 0. The summed E-state index contributed by atoms with van der Waals surface area (Å²) in [5.74, 6) is 0.293. The first-order valence-electron chi connectivity index (χ1n) is 11.0. The van der Waals surface area contributed by atoms with E-state index in [1.807, 2.05) is 26.8 Å². The zero-order valence-corrected chi connectivity index (χ0v) is 20.8. The number of carbonyl (C=O) groups is 1. The van der Waals surface area contributed by atoms with E-state index in [4.69, 9.17) is 4.74 Å². The molecule has 8 heteroatoms. The molecule has 0 aliphatic heterocycles. The van der Waals surface area contributed by atoms with Crippen molar-refractivity contribution >= 4 is 32.3 Å². The highest BCUT2D eigenvalue weighted by molar-refractivity contribution is 7.91. The molecule has 0 saturated carbocycles. The van der Waals surface area contributed by atoms with Crippen LogP contribution in [0.2, 0.25) is 0 Å². The molecule has 0 aliphatic rings. The molecule has 1 N–H and O–H groups in total. The van der Waals surface area contributed by atoms with Gasteiger partial charge in [0.1, 0.15) is 17.2 Å². The standard InChI is InChI=1S/C27H26N2O5S/c1-17-5-12-24-23(13-17)27(31)25(35(32,33)22-11-6-18(2)19(3)14-22)15-29(24)16-26(30)28-20-7-9-21(34-4)10-8-20/h5-15H,16H2,1-4H3,(H,28,30). The van der Waals surface area contributed by atoms with Crippen LogP contribution in [-0.2, 0) is 21.2 Å². The molecule has 0 spiro atoms. The third kappa shape index (κ3) is 4.83. The Bertz CT molecular complexity index is 1600. The number of anilines is 1. The quantitative estimate of drug-likeness (QED) is 0.432. The van der Waals surface area contributed by atoms with Crippen molar-refractivity contribution in [3.63, 3.8) is 0 Å². The number of aryl methyl sites for hydroxylation is 3. The lowest BCUT2D eigenvalue weighted by Crippen LogP contribution is -2.24. The maximum absolute atomic E-state index is 13.5. The predicted octanol–water partition coefficient (Wildman–Crippen LogP) is 4.41. The van der Waals surface area contributed by atoms with Crippen molar-refractivity contribution in [1.82, 2.24) is 4.57 Å². The molecule has 4 aromatic rings. The monoisotopic (exact) mass is 490 g/mol. The number of benzene rings is 3. The number of hydrogen-bond donors (Lipinski definition) is 1. The lowest BCUT2D eigenvalue weighted by Gasteiger charge is -2.15. The Morgan fingerprint density at radius 1 is 0.943 bits per heavy atom. The summed E-state index contributed by atoms with van der Waals surface area (Å²) in [6.45, 7) is 5.35. The predicted molar refractivity (Wildman–Crippen MR) is 136 cm³/mol. The van der Waals surface area contributed by atoms with Crippen LogP contribution >= 0.6 is 0 Å². The lowest BCUT2D eigenvalue weighted by molar-refractivity contribution is -0.116. The fourth-order valence-electron chi connectivity index (χ4n) is 3.84. The van der Waals surface area contributed by atoms with Crippen LogP contribution in [-0.4, -0.2) is 26.0 Å². The Hall–Kier alpha value is -3.91. The highest BCUT2D eigenvalue weighted by atomic mass is 32.2. The van der Waals surface area contributed by atoms with Gasteiger partial charge in [0.05, 0.1) is 17.5 Å². The highest BCUT2D eigenvalue weighted by Crippen LogP contribution is 2.24. The first kappa shape index (κ1) is 24.2. The van der Waals surface area contributed by atoms with Gasteiger partial charge < -0.3 is 14.6 Å². The number of aromatic nitrogens is 1. The van der Waals surface area contributed by atoms with Crippen LogP contribution in [0.5, 0.6) is 5.75 Å². The van der Waals surface area contributed by atoms with E-state index in [1.165, 1.54) is 16.8 Å². The van der Waals surface area contributed by atoms with Gasteiger partial charge in [-0.15, -0.1) is 0 Å². The Morgan fingerprint density at radius 2 is 1.66 bits per heavy atom. The van der Waals surface area contributed by atoms with Crippen molar-refractivity contribution in [3.8, 4) is 5.75 Å². The molecular formula is C27H26N2O5S. The number of fused-ring (bicyclic) bond motifs is 1.